The van der Waals surface area contributed by atoms with Gasteiger partial charge >= 0.3 is 0 Å². The monoisotopic (exact) mass is 367 g/mol. The number of hydrogen-bond acceptors (Lipinski definition) is 3. The highest BCUT2D eigenvalue weighted by Crippen LogP contribution is 2.25. The molecule has 0 radical (unpaired) electrons. The summed E-state index contributed by atoms with van der Waals surface area (Å²) < 4.78 is 0. The zero-order valence-electron chi connectivity index (χ0n) is 15.7. The van der Waals surface area contributed by atoms with Crippen LogP contribution in [-0.4, -0.2) is 22.4 Å². The second-order valence-corrected chi connectivity index (χ2v) is 6.80. The van der Waals surface area contributed by atoms with Crippen LogP contribution in [0.2, 0.25) is 0 Å². The lowest BCUT2D eigenvalue weighted by Crippen LogP contribution is -2.26. The molecule has 2 heterocycles. The molecule has 0 aliphatic rings. The Morgan fingerprint density at radius 2 is 1.75 bits per heavy atom. The summed E-state index contributed by atoms with van der Waals surface area (Å²) in [6.07, 6.45) is 4.26. The first-order valence-corrected chi connectivity index (χ1v) is 9.34. The lowest BCUT2D eigenvalue weighted by Gasteiger charge is -2.11. The predicted molar refractivity (Wildman–Crippen MR) is 112 cm³/mol. The first kappa shape index (κ1) is 17.9. The Kier molecular flexibility index (Phi) is 5.11. The first-order valence-electron chi connectivity index (χ1n) is 9.34. The fourth-order valence-electron chi connectivity index (χ4n) is 3.26. The molecule has 1 amide bonds. The molecule has 138 valence electrons. The van der Waals surface area contributed by atoms with Crippen molar-refractivity contribution in [1.82, 2.24) is 15.3 Å². The second kappa shape index (κ2) is 8.01. The van der Waals surface area contributed by atoms with Crippen molar-refractivity contribution in [2.45, 2.75) is 13.3 Å². The average Bonchev–Trinajstić information content (AvgIpc) is 2.74. The van der Waals surface area contributed by atoms with Crippen LogP contribution in [-0.2, 0) is 6.42 Å². The van der Waals surface area contributed by atoms with Crippen LogP contribution in [0.15, 0.2) is 79.1 Å². The van der Waals surface area contributed by atoms with Crippen molar-refractivity contribution in [1.29, 1.82) is 0 Å². The van der Waals surface area contributed by atoms with Gasteiger partial charge in [-0.05, 0) is 49.2 Å². The van der Waals surface area contributed by atoms with E-state index in [1.54, 1.807) is 12.4 Å². The minimum atomic E-state index is -0.0794. The number of amides is 1. The molecule has 28 heavy (non-hydrogen) atoms. The van der Waals surface area contributed by atoms with Crippen molar-refractivity contribution in [3.05, 3.63) is 95.8 Å². The lowest BCUT2D eigenvalue weighted by molar-refractivity contribution is 0.0956. The Bertz CT molecular complexity index is 1110. The van der Waals surface area contributed by atoms with Crippen LogP contribution in [0.5, 0.6) is 0 Å². The summed E-state index contributed by atoms with van der Waals surface area (Å²) in [4.78, 5) is 21.8. The molecule has 4 rings (SSSR count). The van der Waals surface area contributed by atoms with E-state index >= 15 is 0 Å². The number of fused-ring (bicyclic) bond motifs is 1. The van der Waals surface area contributed by atoms with Crippen molar-refractivity contribution in [3.8, 4) is 11.3 Å². The molecular formula is C24H21N3O. The van der Waals surface area contributed by atoms with Crippen molar-refractivity contribution in [2.75, 3.05) is 6.54 Å². The molecule has 0 bridgehead atoms. The van der Waals surface area contributed by atoms with Crippen LogP contribution in [0.4, 0.5) is 0 Å². The molecule has 0 unspecified atom stereocenters. The number of nitrogens with zero attached hydrogens (tertiary/aromatic N) is 2. The molecule has 0 fully saturated rings. The van der Waals surface area contributed by atoms with Gasteiger partial charge in [0.15, 0.2) is 0 Å². The van der Waals surface area contributed by atoms with E-state index in [0.717, 1.165) is 34.1 Å². The third kappa shape index (κ3) is 3.91. The lowest BCUT2D eigenvalue weighted by atomic mass is 10.0. The molecule has 0 spiro atoms. The normalized spacial score (nSPS) is 10.8. The summed E-state index contributed by atoms with van der Waals surface area (Å²) in [5.74, 6) is -0.0794. The van der Waals surface area contributed by atoms with Crippen molar-refractivity contribution in [3.63, 3.8) is 0 Å². The Balaban J connectivity index is 1.65. The van der Waals surface area contributed by atoms with Crippen LogP contribution in [0.1, 0.15) is 21.5 Å². The third-order valence-corrected chi connectivity index (χ3v) is 4.73. The number of benzene rings is 2. The van der Waals surface area contributed by atoms with Gasteiger partial charge in [0, 0.05) is 29.9 Å². The largest absolute Gasteiger partial charge is 0.352 e. The summed E-state index contributed by atoms with van der Waals surface area (Å²) in [6.45, 7) is 2.61. The van der Waals surface area contributed by atoms with E-state index in [9.17, 15) is 4.79 Å². The van der Waals surface area contributed by atoms with E-state index < -0.39 is 0 Å². The number of pyridine rings is 2. The number of rotatable bonds is 5. The summed E-state index contributed by atoms with van der Waals surface area (Å²) >= 11 is 0. The zero-order valence-corrected chi connectivity index (χ0v) is 15.7. The number of hydrogen-bond donors (Lipinski definition) is 1. The Morgan fingerprint density at radius 3 is 2.54 bits per heavy atom. The van der Waals surface area contributed by atoms with Crippen LogP contribution < -0.4 is 5.32 Å². The van der Waals surface area contributed by atoms with E-state index in [1.807, 2.05) is 61.5 Å². The fraction of sp³-hybridized carbons (Fsp3) is 0.125. The van der Waals surface area contributed by atoms with Gasteiger partial charge in [0.05, 0.1) is 16.8 Å². The number of nitrogens with one attached hydrogen (secondary N) is 1. The highest BCUT2D eigenvalue weighted by molar-refractivity contribution is 6.07. The molecule has 2 aromatic heterocycles. The van der Waals surface area contributed by atoms with Gasteiger partial charge in [-0.2, -0.15) is 0 Å². The van der Waals surface area contributed by atoms with Crippen LogP contribution in [0, 0.1) is 6.92 Å². The molecular weight excluding hydrogens is 346 g/mol. The topological polar surface area (TPSA) is 54.9 Å². The molecule has 0 saturated carbocycles. The second-order valence-electron chi connectivity index (χ2n) is 6.80. The molecule has 0 aliphatic heterocycles. The third-order valence-electron chi connectivity index (χ3n) is 4.73. The molecule has 0 aliphatic carbocycles. The van der Waals surface area contributed by atoms with Crippen molar-refractivity contribution < 1.29 is 4.79 Å². The minimum Gasteiger partial charge on any atom is -0.352 e. The van der Waals surface area contributed by atoms with Crippen LogP contribution >= 0.6 is 0 Å². The maximum Gasteiger partial charge on any atom is 0.252 e. The molecule has 4 nitrogen and oxygen atoms in total. The highest BCUT2D eigenvalue weighted by atomic mass is 16.1. The van der Waals surface area contributed by atoms with E-state index in [1.165, 1.54) is 5.56 Å². The van der Waals surface area contributed by atoms with Crippen LogP contribution in [0.3, 0.4) is 0 Å². The minimum absolute atomic E-state index is 0.0794. The standard InChI is InChI=1S/C24H21N3O/c1-17-7-8-22-20(15-17)21(16-23(27-22)19-10-12-25-13-11-19)24(28)26-14-9-18-5-3-2-4-6-18/h2-8,10-13,15-16H,9,14H2,1H3,(H,26,28). The molecule has 4 aromatic rings. The zero-order chi connectivity index (χ0) is 19.3. The number of carbonyl (C=O) groups excluding carboxylic acids is 1. The maximum absolute atomic E-state index is 13.0. The van der Waals surface area contributed by atoms with Gasteiger partial charge in [-0.1, -0.05) is 42.0 Å². The average molecular weight is 367 g/mol. The summed E-state index contributed by atoms with van der Waals surface area (Å²) in [7, 11) is 0. The molecule has 0 atom stereocenters. The SMILES string of the molecule is Cc1ccc2nc(-c3ccncc3)cc(C(=O)NCCc3ccccc3)c2c1. The summed E-state index contributed by atoms with van der Waals surface area (Å²) in [5, 5.41) is 3.93. The number of aromatic nitrogens is 2. The Hall–Kier alpha value is -3.53. The highest BCUT2D eigenvalue weighted by Gasteiger charge is 2.14. The molecule has 1 N–H and O–H groups in total. The molecule has 0 saturated heterocycles. The van der Waals surface area contributed by atoms with E-state index in [-0.39, 0.29) is 5.91 Å². The van der Waals surface area contributed by atoms with Crippen molar-refractivity contribution in [2.24, 2.45) is 0 Å². The van der Waals surface area contributed by atoms with Crippen molar-refractivity contribution >= 4 is 16.8 Å². The number of aryl methyl sites for hydroxylation is 1. The molecule has 2 aromatic carbocycles. The smallest absolute Gasteiger partial charge is 0.252 e. The molecule has 4 heteroatoms. The Labute approximate surface area is 164 Å². The van der Waals surface area contributed by atoms with Gasteiger partial charge in [0.1, 0.15) is 0 Å². The fourth-order valence-corrected chi connectivity index (χ4v) is 3.26. The predicted octanol–water partition coefficient (Wildman–Crippen LogP) is 4.58. The quantitative estimate of drug-likeness (QED) is 0.562. The van der Waals surface area contributed by atoms with Gasteiger partial charge in [-0.25, -0.2) is 4.98 Å². The van der Waals surface area contributed by atoms with Gasteiger partial charge in [-0.15, -0.1) is 0 Å². The maximum atomic E-state index is 13.0. The number of carbonyl (C=O) groups is 1. The van der Waals surface area contributed by atoms with Gasteiger partial charge < -0.3 is 5.32 Å². The van der Waals surface area contributed by atoms with E-state index in [4.69, 9.17) is 4.98 Å². The van der Waals surface area contributed by atoms with E-state index in [2.05, 4.69) is 22.4 Å². The van der Waals surface area contributed by atoms with Crippen LogP contribution in [0.25, 0.3) is 22.2 Å². The van der Waals surface area contributed by atoms with Gasteiger partial charge in [-0.3, -0.25) is 9.78 Å². The van der Waals surface area contributed by atoms with Gasteiger partial charge in [0.2, 0.25) is 0 Å². The summed E-state index contributed by atoms with van der Waals surface area (Å²) in [5.41, 5.74) is 5.48. The van der Waals surface area contributed by atoms with Gasteiger partial charge in [0.25, 0.3) is 5.91 Å². The summed E-state index contributed by atoms with van der Waals surface area (Å²) in [6, 6.07) is 21.8. The first-order chi connectivity index (χ1) is 13.7. The van der Waals surface area contributed by atoms with E-state index in [0.29, 0.717) is 12.1 Å². The Morgan fingerprint density at radius 1 is 0.964 bits per heavy atom.